The highest BCUT2D eigenvalue weighted by molar-refractivity contribution is 5.34. The molecule has 0 unspecified atom stereocenters. The van der Waals surface area contributed by atoms with Gasteiger partial charge in [0, 0.05) is 0 Å². The standard InChI is InChI=1S/C9H10N4O/c1-6-3-2-4-7(5-6)13-9(14)11-8(10)12-13/h2-5H,1H3,(H3,10,11,12,14). The van der Waals surface area contributed by atoms with Gasteiger partial charge in [0.05, 0.1) is 5.69 Å². The lowest BCUT2D eigenvalue weighted by atomic mass is 10.2. The summed E-state index contributed by atoms with van der Waals surface area (Å²) in [5, 5.41) is 3.85. The number of aromatic nitrogens is 3. The predicted molar refractivity (Wildman–Crippen MR) is 53.3 cm³/mol. The van der Waals surface area contributed by atoms with Crippen LogP contribution in [-0.4, -0.2) is 14.8 Å². The van der Waals surface area contributed by atoms with Gasteiger partial charge in [-0.2, -0.15) is 4.68 Å². The zero-order valence-corrected chi connectivity index (χ0v) is 7.69. The lowest BCUT2D eigenvalue weighted by molar-refractivity contribution is 0.844. The third-order valence-corrected chi connectivity index (χ3v) is 1.88. The van der Waals surface area contributed by atoms with Gasteiger partial charge >= 0.3 is 5.69 Å². The molecule has 14 heavy (non-hydrogen) atoms. The van der Waals surface area contributed by atoms with E-state index >= 15 is 0 Å². The van der Waals surface area contributed by atoms with Crippen LogP contribution in [0.4, 0.5) is 5.95 Å². The van der Waals surface area contributed by atoms with Gasteiger partial charge in [0.15, 0.2) is 0 Å². The second kappa shape index (κ2) is 3.02. The molecule has 0 spiro atoms. The van der Waals surface area contributed by atoms with E-state index in [0.717, 1.165) is 5.56 Å². The molecule has 1 aromatic carbocycles. The predicted octanol–water partition coefficient (Wildman–Crippen LogP) is 0.451. The molecule has 1 aromatic heterocycles. The Morgan fingerprint density at radius 1 is 1.50 bits per heavy atom. The number of nitrogens with one attached hydrogen (secondary N) is 1. The largest absolute Gasteiger partial charge is 0.368 e. The maximum atomic E-state index is 11.3. The van der Waals surface area contributed by atoms with E-state index in [2.05, 4.69) is 10.1 Å². The summed E-state index contributed by atoms with van der Waals surface area (Å²) in [6.07, 6.45) is 0. The molecular formula is C9H10N4O. The number of nitrogens with two attached hydrogens (primary N) is 1. The average Bonchev–Trinajstić information content (AvgIpc) is 2.45. The summed E-state index contributed by atoms with van der Waals surface area (Å²) in [5.41, 5.74) is 6.82. The maximum absolute atomic E-state index is 11.3. The van der Waals surface area contributed by atoms with Gasteiger partial charge in [-0.1, -0.05) is 12.1 Å². The van der Waals surface area contributed by atoms with Crippen LogP contribution in [0.25, 0.3) is 5.69 Å². The van der Waals surface area contributed by atoms with Crippen LogP contribution in [0.5, 0.6) is 0 Å². The van der Waals surface area contributed by atoms with Gasteiger partial charge in [-0.25, -0.2) is 4.79 Å². The van der Waals surface area contributed by atoms with Crippen molar-refractivity contribution < 1.29 is 0 Å². The number of aromatic amines is 1. The summed E-state index contributed by atoms with van der Waals surface area (Å²) in [6, 6.07) is 7.48. The quantitative estimate of drug-likeness (QED) is 0.685. The minimum Gasteiger partial charge on any atom is -0.368 e. The molecule has 0 radical (unpaired) electrons. The van der Waals surface area contributed by atoms with E-state index in [1.165, 1.54) is 4.68 Å². The van der Waals surface area contributed by atoms with E-state index in [1.54, 1.807) is 6.07 Å². The van der Waals surface area contributed by atoms with Gasteiger partial charge in [-0.05, 0) is 24.6 Å². The first-order valence-electron chi connectivity index (χ1n) is 4.18. The van der Waals surface area contributed by atoms with Crippen molar-refractivity contribution in [3.05, 3.63) is 40.3 Å². The van der Waals surface area contributed by atoms with Crippen LogP contribution in [0.15, 0.2) is 29.1 Å². The molecule has 0 aliphatic rings. The van der Waals surface area contributed by atoms with Gasteiger partial charge in [-0.15, -0.1) is 5.10 Å². The Labute approximate surface area is 80.2 Å². The van der Waals surface area contributed by atoms with Crippen LogP contribution in [0.1, 0.15) is 5.56 Å². The monoisotopic (exact) mass is 190 g/mol. The van der Waals surface area contributed by atoms with E-state index in [-0.39, 0.29) is 11.6 Å². The minimum atomic E-state index is -0.326. The minimum absolute atomic E-state index is 0.122. The molecular weight excluding hydrogens is 180 g/mol. The number of nitrogen functional groups attached to an aromatic ring is 1. The highest BCUT2D eigenvalue weighted by Crippen LogP contribution is 2.06. The summed E-state index contributed by atoms with van der Waals surface area (Å²) in [4.78, 5) is 13.7. The number of hydrogen-bond donors (Lipinski definition) is 2. The van der Waals surface area contributed by atoms with E-state index in [1.807, 2.05) is 25.1 Å². The molecule has 0 bridgehead atoms. The Morgan fingerprint density at radius 2 is 2.29 bits per heavy atom. The maximum Gasteiger partial charge on any atom is 0.349 e. The molecule has 0 atom stereocenters. The van der Waals surface area contributed by atoms with Crippen molar-refractivity contribution in [1.82, 2.24) is 14.8 Å². The zero-order valence-electron chi connectivity index (χ0n) is 7.69. The molecule has 0 amide bonds. The molecule has 1 heterocycles. The second-order valence-corrected chi connectivity index (χ2v) is 3.07. The lowest BCUT2D eigenvalue weighted by Crippen LogP contribution is -2.15. The third-order valence-electron chi connectivity index (χ3n) is 1.88. The van der Waals surface area contributed by atoms with Crippen molar-refractivity contribution in [3.63, 3.8) is 0 Å². The van der Waals surface area contributed by atoms with Gasteiger partial charge in [0.1, 0.15) is 0 Å². The molecule has 0 fully saturated rings. The highest BCUT2D eigenvalue weighted by Gasteiger charge is 2.03. The first kappa shape index (κ1) is 8.55. The van der Waals surface area contributed by atoms with Crippen LogP contribution in [0.2, 0.25) is 0 Å². The van der Waals surface area contributed by atoms with Crippen LogP contribution < -0.4 is 11.4 Å². The van der Waals surface area contributed by atoms with E-state index in [0.29, 0.717) is 5.69 Å². The number of rotatable bonds is 1. The van der Waals surface area contributed by atoms with Crippen molar-refractivity contribution in [2.24, 2.45) is 0 Å². The van der Waals surface area contributed by atoms with Crippen LogP contribution >= 0.6 is 0 Å². The fourth-order valence-electron chi connectivity index (χ4n) is 1.28. The van der Waals surface area contributed by atoms with Gasteiger partial charge in [0.25, 0.3) is 0 Å². The second-order valence-electron chi connectivity index (χ2n) is 3.07. The molecule has 72 valence electrons. The normalized spacial score (nSPS) is 10.4. The molecule has 3 N–H and O–H groups in total. The van der Waals surface area contributed by atoms with Crippen molar-refractivity contribution in [1.29, 1.82) is 0 Å². The Hall–Kier alpha value is -2.04. The lowest BCUT2D eigenvalue weighted by Gasteiger charge is -1.99. The highest BCUT2D eigenvalue weighted by atomic mass is 16.2. The van der Waals surface area contributed by atoms with Crippen LogP contribution in [-0.2, 0) is 0 Å². The molecule has 5 heteroatoms. The number of anilines is 1. The summed E-state index contributed by atoms with van der Waals surface area (Å²) >= 11 is 0. The zero-order chi connectivity index (χ0) is 10.1. The fourth-order valence-corrected chi connectivity index (χ4v) is 1.28. The summed E-state index contributed by atoms with van der Waals surface area (Å²) < 4.78 is 1.24. The number of hydrogen-bond acceptors (Lipinski definition) is 3. The van der Waals surface area contributed by atoms with E-state index in [9.17, 15) is 4.79 Å². The van der Waals surface area contributed by atoms with Gasteiger partial charge in [-0.3, -0.25) is 4.98 Å². The molecule has 5 nitrogen and oxygen atoms in total. The van der Waals surface area contributed by atoms with Gasteiger partial charge < -0.3 is 5.73 Å². The van der Waals surface area contributed by atoms with Crippen LogP contribution in [0.3, 0.4) is 0 Å². The fraction of sp³-hybridized carbons (Fsp3) is 0.111. The van der Waals surface area contributed by atoms with Crippen molar-refractivity contribution >= 4 is 5.95 Å². The first-order chi connectivity index (χ1) is 6.66. The molecule has 2 aromatic rings. The topological polar surface area (TPSA) is 76.7 Å². The average molecular weight is 190 g/mol. The van der Waals surface area contributed by atoms with E-state index < -0.39 is 0 Å². The third kappa shape index (κ3) is 1.39. The van der Waals surface area contributed by atoms with Crippen molar-refractivity contribution in [2.45, 2.75) is 6.92 Å². The molecule has 0 saturated heterocycles. The number of nitrogens with zero attached hydrogens (tertiary/aromatic N) is 2. The van der Waals surface area contributed by atoms with Crippen molar-refractivity contribution in [3.8, 4) is 5.69 Å². The smallest absolute Gasteiger partial charge is 0.349 e. The Morgan fingerprint density at radius 3 is 2.86 bits per heavy atom. The molecule has 0 aliphatic heterocycles. The number of H-pyrrole nitrogens is 1. The summed E-state index contributed by atoms with van der Waals surface area (Å²) in [7, 11) is 0. The Balaban J connectivity index is 2.60. The van der Waals surface area contributed by atoms with E-state index in [4.69, 9.17) is 5.73 Å². The molecule has 0 saturated carbocycles. The number of benzene rings is 1. The summed E-state index contributed by atoms with van der Waals surface area (Å²) in [5.74, 6) is 0.122. The first-order valence-corrected chi connectivity index (χ1v) is 4.18. The Bertz CT molecular complexity index is 512. The van der Waals surface area contributed by atoms with Crippen molar-refractivity contribution in [2.75, 3.05) is 5.73 Å². The SMILES string of the molecule is Cc1cccc(-n2nc(N)[nH]c2=O)c1. The molecule has 0 aliphatic carbocycles. The van der Waals surface area contributed by atoms with Crippen LogP contribution in [0, 0.1) is 6.92 Å². The Kier molecular flexibility index (Phi) is 1.85. The van der Waals surface area contributed by atoms with Gasteiger partial charge in [0.2, 0.25) is 5.95 Å². The number of aryl methyl sites for hydroxylation is 1. The summed E-state index contributed by atoms with van der Waals surface area (Å²) in [6.45, 7) is 1.95. The molecule has 2 rings (SSSR count).